The molecule has 0 N–H and O–H groups in total. The molecule has 1 aromatic carbocycles. The molecule has 0 fully saturated rings. The summed E-state index contributed by atoms with van der Waals surface area (Å²) < 4.78 is 0. The van der Waals surface area contributed by atoms with Crippen LogP contribution in [0.5, 0.6) is 0 Å². The number of halogens is 1. The lowest BCUT2D eigenvalue weighted by Gasteiger charge is -2.13. The van der Waals surface area contributed by atoms with Crippen LogP contribution in [0.15, 0.2) is 12.1 Å². The van der Waals surface area contributed by atoms with Crippen LogP contribution < -0.4 is 0 Å². The average Bonchev–Trinajstić information content (AvgIpc) is 2.52. The molecule has 126 valence electrons. The normalized spacial score (nSPS) is 11.1. The van der Waals surface area contributed by atoms with Crippen molar-refractivity contribution >= 4 is 11.6 Å². The molecule has 0 amide bonds. The summed E-state index contributed by atoms with van der Waals surface area (Å²) in [5.74, 6) is 0. The molecule has 0 atom stereocenters. The highest BCUT2D eigenvalue weighted by molar-refractivity contribution is 6.32. The van der Waals surface area contributed by atoms with Gasteiger partial charge in [-0.2, -0.15) is 0 Å². The van der Waals surface area contributed by atoms with Crippen molar-refractivity contribution in [3.63, 3.8) is 0 Å². The first-order valence-electron chi connectivity index (χ1n) is 9.53. The van der Waals surface area contributed by atoms with E-state index in [0.29, 0.717) is 0 Å². The molecule has 1 aromatic rings. The van der Waals surface area contributed by atoms with E-state index in [-0.39, 0.29) is 0 Å². The molecule has 1 rings (SSSR count). The largest absolute Gasteiger partial charge is 0.0837 e. The summed E-state index contributed by atoms with van der Waals surface area (Å²) in [7, 11) is 0. The van der Waals surface area contributed by atoms with E-state index in [1.165, 1.54) is 80.9 Å². The molecule has 0 aliphatic carbocycles. The molecular weight excluding hydrogens is 288 g/mol. The van der Waals surface area contributed by atoms with Crippen LogP contribution in [0.3, 0.4) is 0 Å². The van der Waals surface area contributed by atoms with E-state index < -0.39 is 0 Å². The number of benzene rings is 1. The number of rotatable bonds is 12. The molecule has 0 aliphatic heterocycles. The smallest absolute Gasteiger partial charge is 0.0470 e. The Kier molecular flexibility index (Phi) is 10.7. The summed E-state index contributed by atoms with van der Waals surface area (Å²) in [6.07, 6.45) is 15.1. The fraction of sp³-hybridized carbons (Fsp3) is 0.714. The highest BCUT2D eigenvalue weighted by Crippen LogP contribution is 2.27. The Morgan fingerprint density at radius 3 is 1.45 bits per heavy atom. The van der Waals surface area contributed by atoms with Crippen molar-refractivity contribution in [1.29, 1.82) is 0 Å². The van der Waals surface area contributed by atoms with Crippen LogP contribution in [0.25, 0.3) is 0 Å². The highest BCUT2D eigenvalue weighted by Gasteiger charge is 2.09. The lowest BCUT2D eigenvalue weighted by atomic mass is 9.95. The quantitative estimate of drug-likeness (QED) is 0.349. The molecule has 0 aliphatic rings. The molecule has 0 heterocycles. The van der Waals surface area contributed by atoms with E-state index >= 15 is 0 Å². The number of hydrogen-bond acceptors (Lipinski definition) is 0. The van der Waals surface area contributed by atoms with E-state index in [2.05, 4.69) is 32.9 Å². The van der Waals surface area contributed by atoms with Gasteiger partial charge in [0.15, 0.2) is 0 Å². The fourth-order valence-corrected chi connectivity index (χ4v) is 3.34. The van der Waals surface area contributed by atoms with Crippen LogP contribution in [-0.4, -0.2) is 0 Å². The molecule has 0 aromatic heterocycles. The van der Waals surface area contributed by atoms with Crippen molar-refractivity contribution in [2.45, 2.75) is 97.8 Å². The van der Waals surface area contributed by atoms with Gasteiger partial charge in [0.25, 0.3) is 0 Å². The molecule has 0 spiro atoms. The zero-order chi connectivity index (χ0) is 16.2. The van der Waals surface area contributed by atoms with Gasteiger partial charge in [0.05, 0.1) is 0 Å². The maximum atomic E-state index is 6.70. The number of unbranched alkanes of at least 4 members (excludes halogenated alkanes) is 6. The van der Waals surface area contributed by atoms with E-state index in [1.54, 1.807) is 0 Å². The minimum absolute atomic E-state index is 1.06. The average molecular weight is 323 g/mol. The first-order valence-corrected chi connectivity index (χ1v) is 9.90. The van der Waals surface area contributed by atoms with E-state index in [0.717, 1.165) is 17.9 Å². The second kappa shape index (κ2) is 12.0. The van der Waals surface area contributed by atoms with E-state index in [4.69, 9.17) is 11.6 Å². The van der Waals surface area contributed by atoms with Gasteiger partial charge >= 0.3 is 0 Å². The van der Waals surface area contributed by atoms with Crippen molar-refractivity contribution in [3.8, 4) is 0 Å². The van der Waals surface area contributed by atoms with Crippen molar-refractivity contribution in [1.82, 2.24) is 0 Å². The predicted molar refractivity (Wildman–Crippen MR) is 101 cm³/mol. The summed E-state index contributed by atoms with van der Waals surface area (Å²) >= 11 is 6.70. The van der Waals surface area contributed by atoms with Gasteiger partial charge in [0, 0.05) is 5.02 Å². The lowest BCUT2D eigenvalue weighted by molar-refractivity contribution is 0.700. The van der Waals surface area contributed by atoms with Gasteiger partial charge in [-0.25, -0.2) is 0 Å². The Hall–Kier alpha value is -0.490. The Balaban J connectivity index is 2.81. The van der Waals surface area contributed by atoms with Crippen LogP contribution in [0.1, 0.15) is 95.2 Å². The fourth-order valence-electron chi connectivity index (χ4n) is 3.04. The van der Waals surface area contributed by atoms with E-state index in [9.17, 15) is 0 Å². The second-order valence-corrected chi connectivity index (χ2v) is 6.98. The molecular formula is C21H35Cl. The predicted octanol–water partition coefficient (Wildman–Crippen LogP) is 7.54. The Bertz CT molecular complexity index is 377. The van der Waals surface area contributed by atoms with Gasteiger partial charge in [0.2, 0.25) is 0 Å². The highest BCUT2D eigenvalue weighted by atomic mass is 35.5. The maximum Gasteiger partial charge on any atom is 0.0470 e. The SMILES string of the molecule is CCCCCc1cc(CCCCC)c(Cl)c(CCCCC)c1. The molecule has 0 unspecified atom stereocenters. The number of aryl methyl sites for hydroxylation is 3. The molecule has 1 heteroatoms. The van der Waals surface area contributed by atoms with Crippen LogP contribution in [0.2, 0.25) is 5.02 Å². The molecule has 0 saturated carbocycles. The van der Waals surface area contributed by atoms with E-state index in [1.807, 2.05) is 0 Å². The first kappa shape index (κ1) is 19.6. The second-order valence-electron chi connectivity index (χ2n) is 6.60. The van der Waals surface area contributed by atoms with Gasteiger partial charge in [-0.3, -0.25) is 0 Å². The third-order valence-corrected chi connectivity index (χ3v) is 4.94. The molecule has 0 radical (unpaired) electrons. The van der Waals surface area contributed by atoms with Crippen LogP contribution in [0, 0.1) is 0 Å². The molecule has 0 bridgehead atoms. The molecule has 22 heavy (non-hydrogen) atoms. The topological polar surface area (TPSA) is 0 Å². The third kappa shape index (κ3) is 7.18. The van der Waals surface area contributed by atoms with Crippen LogP contribution in [0.4, 0.5) is 0 Å². The van der Waals surface area contributed by atoms with Gasteiger partial charge in [-0.1, -0.05) is 83.0 Å². The first-order chi connectivity index (χ1) is 10.7. The summed E-state index contributed by atoms with van der Waals surface area (Å²) in [5, 5.41) is 1.06. The Morgan fingerprint density at radius 1 is 0.636 bits per heavy atom. The third-order valence-electron chi connectivity index (χ3n) is 4.45. The van der Waals surface area contributed by atoms with Crippen LogP contribution in [-0.2, 0) is 19.3 Å². The van der Waals surface area contributed by atoms with Gasteiger partial charge < -0.3 is 0 Å². The summed E-state index contributed by atoms with van der Waals surface area (Å²) in [6, 6.07) is 4.77. The van der Waals surface area contributed by atoms with Crippen LogP contribution >= 0.6 is 11.6 Å². The van der Waals surface area contributed by atoms with Gasteiger partial charge in [0.1, 0.15) is 0 Å². The summed E-state index contributed by atoms with van der Waals surface area (Å²) in [5.41, 5.74) is 4.31. The zero-order valence-corrected chi connectivity index (χ0v) is 15.8. The molecule has 0 nitrogen and oxygen atoms in total. The minimum atomic E-state index is 1.06. The van der Waals surface area contributed by atoms with Crippen molar-refractivity contribution in [2.75, 3.05) is 0 Å². The Labute approximate surface area is 143 Å². The monoisotopic (exact) mass is 322 g/mol. The summed E-state index contributed by atoms with van der Waals surface area (Å²) in [4.78, 5) is 0. The lowest BCUT2D eigenvalue weighted by Crippen LogP contribution is -1.98. The van der Waals surface area contributed by atoms with Crippen molar-refractivity contribution in [3.05, 3.63) is 33.8 Å². The van der Waals surface area contributed by atoms with Gasteiger partial charge in [-0.15, -0.1) is 0 Å². The standard InChI is InChI=1S/C21H35Cl/c1-4-7-10-13-18-16-19(14-11-8-5-2)21(22)20(17-18)15-12-9-6-3/h16-17H,4-15H2,1-3H3. The maximum absolute atomic E-state index is 6.70. The number of hydrogen-bond donors (Lipinski definition) is 0. The van der Waals surface area contributed by atoms with Gasteiger partial charge in [-0.05, 0) is 55.2 Å². The minimum Gasteiger partial charge on any atom is -0.0837 e. The van der Waals surface area contributed by atoms with Crippen molar-refractivity contribution in [2.24, 2.45) is 0 Å². The molecule has 0 saturated heterocycles. The Morgan fingerprint density at radius 2 is 1.05 bits per heavy atom. The van der Waals surface area contributed by atoms with Crippen molar-refractivity contribution < 1.29 is 0 Å². The zero-order valence-electron chi connectivity index (χ0n) is 15.0. The summed E-state index contributed by atoms with van der Waals surface area (Å²) in [6.45, 7) is 6.80.